The van der Waals surface area contributed by atoms with Gasteiger partial charge >= 0.3 is 0 Å². The van der Waals surface area contributed by atoms with Gasteiger partial charge in [0.1, 0.15) is 11.0 Å². The van der Waals surface area contributed by atoms with Crippen molar-refractivity contribution in [1.29, 1.82) is 0 Å². The molecule has 1 aliphatic heterocycles. The number of nitrogens with zero attached hydrogens (tertiary/aromatic N) is 4. The molecule has 4 aromatic rings. The van der Waals surface area contributed by atoms with Crippen molar-refractivity contribution in [2.45, 2.75) is 26.3 Å². The number of ether oxygens (including phenoxy) is 4. The van der Waals surface area contributed by atoms with Gasteiger partial charge < -0.3 is 18.9 Å². The average molecular weight is 452 g/mol. The third-order valence-corrected chi connectivity index (χ3v) is 5.59. The number of hydrogen-bond donors (Lipinski definition) is 0. The standard InChI is InChI=1S/C22H20N4O5S/c1-2-7-28-21-16(8-14-3-5-17-18(9-14)25-32-24-17)22(29-12-27)26(23-21)11-15-4-6-19-20(10-15)31-13-30-19/h3-6,9-10,12H,2,7-8,11,13H2,1H3. The summed E-state index contributed by atoms with van der Waals surface area (Å²) in [7, 11) is 0. The zero-order valence-corrected chi connectivity index (χ0v) is 18.1. The molecule has 10 heteroatoms. The minimum absolute atomic E-state index is 0.206. The van der Waals surface area contributed by atoms with Crippen LogP contribution in [0.4, 0.5) is 0 Å². The van der Waals surface area contributed by atoms with Gasteiger partial charge in [0.15, 0.2) is 11.5 Å². The SMILES string of the molecule is CCCOc1nn(Cc2ccc3c(c2)OCO3)c(OC=O)c1Cc1ccc2nsnc2c1. The van der Waals surface area contributed by atoms with Gasteiger partial charge in [0, 0.05) is 6.42 Å². The van der Waals surface area contributed by atoms with E-state index in [0.717, 1.165) is 28.6 Å². The van der Waals surface area contributed by atoms with Crippen LogP contribution in [0.1, 0.15) is 30.0 Å². The Hall–Kier alpha value is -3.66. The van der Waals surface area contributed by atoms with Crippen LogP contribution in [0.25, 0.3) is 11.0 Å². The van der Waals surface area contributed by atoms with Gasteiger partial charge in [-0.2, -0.15) is 8.75 Å². The minimum atomic E-state index is 0.206. The molecule has 0 saturated carbocycles. The Morgan fingerprint density at radius 3 is 2.81 bits per heavy atom. The van der Waals surface area contributed by atoms with Crippen LogP contribution in [-0.4, -0.2) is 38.4 Å². The van der Waals surface area contributed by atoms with Crippen LogP contribution in [0.5, 0.6) is 23.3 Å². The molecule has 0 spiro atoms. The first-order valence-electron chi connectivity index (χ1n) is 10.2. The lowest BCUT2D eigenvalue weighted by Gasteiger charge is -2.08. The minimum Gasteiger partial charge on any atom is -0.476 e. The molecule has 2 aromatic heterocycles. The predicted molar refractivity (Wildman–Crippen MR) is 117 cm³/mol. The Labute approximate surface area is 187 Å². The molecule has 0 radical (unpaired) electrons. The summed E-state index contributed by atoms with van der Waals surface area (Å²) >= 11 is 1.18. The number of carbonyl (C=O) groups excluding carboxylic acids is 1. The third kappa shape index (κ3) is 3.96. The van der Waals surface area contributed by atoms with E-state index >= 15 is 0 Å². The third-order valence-electron chi connectivity index (χ3n) is 5.03. The van der Waals surface area contributed by atoms with Crippen LogP contribution in [0, 0.1) is 0 Å². The molecular weight excluding hydrogens is 432 g/mol. The van der Waals surface area contributed by atoms with Crippen molar-refractivity contribution in [2.24, 2.45) is 0 Å². The van der Waals surface area contributed by atoms with Crippen molar-refractivity contribution in [3.05, 3.63) is 53.1 Å². The van der Waals surface area contributed by atoms with E-state index in [4.69, 9.17) is 18.9 Å². The largest absolute Gasteiger partial charge is 0.476 e. The van der Waals surface area contributed by atoms with Gasteiger partial charge in [0.05, 0.1) is 30.4 Å². The maximum Gasteiger partial charge on any atom is 0.299 e. The van der Waals surface area contributed by atoms with Crippen molar-refractivity contribution in [3.8, 4) is 23.3 Å². The molecule has 0 atom stereocenters. The molecule has 1 aliphatic rings. The summed E-state index contributed by atoms with van der Waals surface area (Å²) in [5.74, 6) is 2.18. The topological polar surface area (TPSA) is 97.6 Å². The molecule has 0 N–H and O–H groups in total. The van der Waals surface area contributed by atoms with Crippen molar-refractivity contribution >= 4 is 29.2 Å². The number of benzene rings is 2. The van der Waals surface area contributed by atoms with Crippen LogP contribution in [0.15, 0.2) is 36.4 Å². The van der Waals surface area contributed by atoms with Crippen LogP contribution >= 0.6 is 11.7 Å². The Bertz CT molecular complexity index is 1270. The van der Waals surface area contributed by atoms with Gasteiger partial charge in [-0.05, 0) is 41.8 Å². The van der Waals surface area contributed by atoms with E-state index in [-0.39, 0.29) is 6.79 Å². The van der Waals surface area contributed by atoms with Crippen molar-refractivity contribution in [2.75, 3.05) is 13.4 Å². The lowest BCUT2D eigenvalue weighted by atomic mass is 10.1. The molecule has 3 heterocycles. The van der Waals surface area contributed by atoms with Gasteiger partial charge in [-0.1, -0.05) is 19.1 Å². The Kier molecular flexibility index (Phi) is 5.59. The fourth-order valence-corrected chi connectivity index (χ4v) is 4.08. The lowest BCUT2D eigenvalue weighted by Crippen LogP contribution is -2.06. The summed E-state index contributed by atoms with van der Waals surface area (Å²) in [4.78, 5) is 11.3. The van der Waals surface area contributed by atoms with Gasteiger partial charge in [0.25, 0.3) is 6.47 Å². The second-order valence-corrected chi connectivity index (χ2v) is 7.79. The molecule has 0 fully saturated rings. The molecule has 0 amide bonds. The number of carbonyl (C=O) groups is 1. The first kappa shape index (κ1) is 20.3. The average Bonchev–Trinajstić information content (AvgIpc) is 3.52. The molecule has 0 saturated heterocycles. The fourth-order valence-electron chi connectivity index (χ4n) is 3.57. The zero-order valence-electron chi connectivity index (χ0n) is 17.3. The van der Waals surface area contributed by atoms with Crippen molar-refractivity contribution < 1.29 is 23.7 Å². The number of aromatic nitrogens is 4. The van der Waals surface area contributed by atoms with Gasteiger partial charge in [-0.3, -0.25) is 4.79 Å². The lowest BCUT2D eigenvalue weighted by molar-refractivity contribution is -0.121. The highest BCUT2D eigenvalue weighted by Crippen LogP contribution is 2.35. The fraction of sp³-hybridized carbons (Fsp3) is 0.273. The maximum absolute atomic E-state index is 11.3. The van der Waals surface area contributed by atoms with Crippen molar-refractivity contribution in [1.82, 2.24) is 18.5 Å². The summed E-state index contributed by atoms with van der Waals surface area (Å²) in [5, 5.41) is 4.62. The normalized spacial score (nSPS) is 12.3. The second kappa shape index (κ2) is 8.83. The first-order chi connectivity index (χ1) is 15.7. The smallest absolute Gasteiger partial charge is 0.299 e. The van der Waals surface area contributed by atoms with E-state index in [1.165, 1.54) is 11.7 Å². The summed E-state index contributed by atoms with van der Waals surface area (Å²) in [5.41, 5.74) is 4.30. The van der Waals surface area contributed by atoms with Crippen LogP contribution in [0.3, 0.4) is 0 Å². The molecule has 164 valence electrons. The molecule has 5 rings (SSSR count). The number of rotatable bonds is 9. The molecule has 0 aliphatic carbocycles. The quantitative estimate of drug-likeness (QED) is 0.356. The first-order valence-corrected chi connectivity index (χ1v) is 10.9. The molecule has 0 unspecified atom stereocenters. The van der Waals surface area contributed by atoms with Gasteiger partial charge in [-0.15, -0.1) is 5.10 Å². The summed E-state index contributed by atoms with van der Waals surface area (Å²) in [6.45, 7) is 3.52. The van der Waals surface area contributed by atoms with Gasteiger partial charge in [-0.25, -0.2) is 4.68 Å². The molecule has 0 bridgehead atoms. The number of fused-ring (bicyclic) bond motifs is 2. The van der Waals surface area contributed by atoms with Crippen LogP contribution in [-0.2, 0) is 17.8 Å². The van der Waals surface area contributed by atoms with E-state index < -0.39 is 0 Å². The van der Waals surface area contributed by atoms with Crippen LogP contribution < -0.4 is 18.9 Å². The Morgan fingerprint density at radius 2 is 1.94 bits per heavy atom. The monoisotopic (exact) mass is 452 g/mol. The second-order valence-electron chi connectivity index (χ2n) is 7.26. The van der Waals surface area contributed by atoms with E-state index in [1.807, 2.05) is 43.3 Å². The highest BCUT2D eigenvalue weighted by molar-refractivity contribution is 7.00. The van der Waals surface area contributed by atoms with Crippen molar-refractivity contribution in [3.63, 3.8) is 0 Å². The van der Waals surface area contributed by atoms with Gasteiger partial charge in [0.2, 0.25) is 18.6 Å². The van der Waals surface area contributed by atoms with E-state index in [2.05, 4.69) is 13.8 Å². The molecule has 32 heavy (non-hydrogen) atoms. The summed E-state index contributed by atoms with van der Waals surface area (Å²) in [6, 6.07) is 11.6. The van der Waals surface area contributed by atoms with Crippen LogP contribution in [0.2, 0.25) is 0 Å². The summed E-state index contributed by atoms with van der Waals surface area (Å²) in [6.07, 6.45) is 1.30. The molecule has 9 nitrogen and oxygen atoms in total. The zero-order chi connectivity index (χ0) is 21.9. The maximum atomic E-state index is 11.3. The number of hydrogen-bond acceptors (Lipinski definition) is 9. The predicted octanol–water partition coefficient (Wildman–Crippen LogP) is 3.58. The highest BCUT2D eigenvalue weighted by Gasteiger charge is 2.23. The Morgan fingerprint density at radius 1 is 1.09 bits per heavy atom. The van der Waals surface area contributed by atoms with E-state index in [1.54, 1.807) is 4.68 Å². The summed E-state index contributed by atoms with van der Waals surface area (Å²) < 4.78 is 32.3. The molecular formula is C22H20N4O5S. The Balaban J connectivity index is 1.51. The van der Waals surface area contributed by atoms with E-state index in [0.29, 0.717) is 54.9 Å². The highest BCUT2D eigenvalue weighted by atomic mass is 32.1. The molecule has 2 aromatic carbocycles. The van der Waals surface area contributed by atoms with E-state index in [9.17, 15) is 4.79 Å².